The van der Waals surface area contributed by atoms with E-state index in [9.17, 15) is 5.26 Å². The number of nitrogens with one attached hydrogen (secondary N) is 1. The topological polar surface area (TPSA) is 61.6 Å². The average Bonchev–Trinajstić information content (AvgIpc) is 2.85. The number of fused-ring (bicyclic) bond motifs is 1. The molecule has 0 spiro atoms. The van der Waals surface area contributed by atoms with Crippen molar-refractivity contribution in [1.82, 2.24) is 10.2 Å². The van der Waals surface area contributed by atoms with E-state index in [1.807, 2.05) is 24.3 Å². The van der Waals surface area contributed by atoms with Gasteiger partial charge >= 0.3 is 0 Å². The molecule has 1 aliphatic rings. The standard InChI is InChI=1S/C15H16N4/c1-10-6-7-11(8-10)17-15-12-4-2-3-5-13(12)18-19-14(15)9-16/h2-5,10-11H,6-8H2,1H3,(H,17,18). The zero-order valence-electron chi connectivity index (χ0n) is 10.9. The maximum atomic E-state index is 9.21. The molecule has 1 N–H and O–H groups in total. The van der Waals surface area contributed by atoms with Gasteiger partial charge < -0.3 is 5.32 Å². The molecule has 1 fully saturated rings. The van der Waals surface area contributed by atoms with Crippen molar-refractivity contribution < 1.29 is 0 Å². The van der Waals surface area contributed by atoms with Crippen molar-refractivity contribution >= 4 is 16.6 Å². The van der Waals surface area contributed by atoms with E-state index in [4.69, 9.17) is 0 Å². The van der Waals surface area contributed by atoms with Gasteiger partial charge in [-0.05, 0) is 31.2 Å². The van der Waals surface area contributed by atoms with E-state index >= 15 is 0 Å². The third-order valence-corrected chi connectivity index (χ3v) is 3.82. The van der Waals surface area contributed by atoms with E-state index in [-0.39, 0.29) is 0 Å². The van der Waals surface area contributed by atoms with E-state index in [1.54, 1.807) is 0 Å². The van der Waals surface area contributed by atoms with E-state index in [0.29, 0.717) is 11.7 Å². The van der Waals surface area contributed by atoms with Crippen LogP contribution in [0.5, 0.6) is 0 Å². The highest BCUT2D eigenvalue weighted by Crippen LogP contribution is 2.31. The van der Waals surface area contributed by atoms with E-state index < -0.39 is 0 Å². The third-order valence-electron chi connectivity index (χ3n) is 3.82. The number of anilines is 1. The summed E-state index contributed by atoms with van der Waals surface area (Å²) in [6.07, 6.45) is 3.56. The molecule has 1 aromatic heterocycles. The summed E-state index contributed by atoms with van der Waals surface area (Å²) in [5.41, 5.74) is 2.06. The van der Waals surface area contributed by atoms with E-state index in [1.165, 1.54) is 6.42 Å². The summed E-state index contributed by atoms with van der Waals surface area (Å²) in [5, 5.41) is 21.8. The fourth-order valence-electron chi connectivity index (χ4n) is 2.82. The van der Waals surface area contributed by atoms with Crippen LogP contribution in [0.3, 0.4) is 0 Å². The predicted octanol–water partition coefficient (Wildman–Crippen LogP) is 3.10. The van der Waals surface area contributed by atoms with Crippen LogP contribution in [0.15, 0.2) is 24.3 Å². The minimum absolute atomic E-state index is 0.387. The largest absolute Gasteiger partial charge is 0.379 e. The van der Waals surface area contributed by atoms with Crippen LogP contribution in [0.25, 0.3) is 10.9 Å². The van der Waals surface area contributed by atoms with Crippen molar-refractivity contribution in [2.24, 2.45) is 5.92 Å². The second-order valence-electron chi connectivity index (χ2n) is 5.31. The molecular formula is C15H16N4. The van der Waals surface area contributed by atoms with Gasteiger partial charge in [0.25, 0.3) is 0 Å². The summed E-state index contributed by atoms with van der Waals surface area (Å²) in [6.45, 7) is 2.27. The van der Waals surface area contributed by atoms with Crippen molar-refractivity contribution in [2.45, 2.75) is 32.2 Å². The van der Waals surface area contributed by atoms with Gasteiger partial charge in [0.05, 0.1) is 11.2 Å². The first-order valence-electron chi connectivity index (χ1n) is 6.70. The van der Waals surface area contributed by atoms with Crippen molar-refractivity contribution in [1.29, 1.82) is 5.26 Å². The van der Waals surface area contributed by atoms with Crippen molar-refractivity contribution in [3.05, 3.63) is 30.0 Å². The Morgan fingerprint density at radius 3 is 2.84 bits per heavy atom. The second kappa shape index (κ2) is 4.85. The average molecular weight is 252 g/mol. The summed E-state index contributed by atoms with van der Waals surface area (Å²) in [5.74, 6) is 0.754. The summed E-state index contributed by atoms with van der Waals surface area (Å²) in [7, 11) is 0. The Balaban J connectivity index is 2.03. The van der Waals surface area contributed by atoms with Crippen molar-refractivity contribution in [3.8, 4) is 6.07 Å². The fourth-order valence-corrected chi connectivity index (χ4v) is 2.82. The lowest BCUT2D eigenvalue weighted by Crippen LogP contribution is -2.17. The number of benzene rings is 1. The molecule has 0 aliphatic heterocycles. The number of nitrogens with zero attached hydrogens (tertiary/aromatic N) is 3. The molecule has 1 heterocycles. The Labute approximate surface area is 112 Å². The third kappa shape index (κ3) is 2.24. The normalized spacial score (nSPS) is 22.3. The Morgan fingerprint density at radius 2 is 2.11 bits per heavy atom. The lowest BCUT2D eigenvalue weighted by Gasteiger charge is -2.16. The minimum Gasteiger partial charge on any atom is -0.379 e. The molecule has 4 nitrogen and oxygen atoms in total. The maximum Gasteiger partial charge on any atom is 0.186 e. The summed E-state index contributed by atoms with van der Waals surface area (Å²) >= 11 is 0. The minimum atomic E-state index is 0.387. The highest BCUT2D eigenvalue weighted by atomic mass is 15.1. The summed E-state index contributed by atoms with van der Waals surface area (Å²) in [4.78, 5) is 0. The zero-order valence-corrected chi connectivity index (χ0v) is 10.9. The summed E-state index contributed by atoms with van der Waals surface area (Å²) < 4.78 is 0. The first-order valence-corrected chi connectivity index (χ1v) is 6.70. The lowest BCUT2D eigenvalue weighted by molar-refractivity contribution is 0.602. The molecule has 2 aromatic rings. The second-order valence-corrected chi connectivity index (χ2v) is 5.31. The van der Waals surface area contributed by atoms with Gasteiger partial charge in [0.15, 0.2) is 5.69 Å². The molecule has 0 amide bonds. The molecule has 3 rings (SSSR count). The van der Waals surface area contributed by atoms with Crippen LogP contribution < -0.4 is 5.32 Å². The Hall–Kier alpha value is -2.15. The van der Waals surface area contributed by atoms with Crippen LogP contribution in [0.4, 0.5) is 5.69 Å². The van der Waals surface area contributed by atoms with Crippen LogP contribution in [0, 0.1) is 17.2 Å². The van der Waals surface area contributed by atoms with Crippen LogP contribution in [-0.2, 0) is 0 Å². The molecule has 2 atom stereocenters. The van der Waals surface area contributed by atoms with Gasteiger partial charge in [0.2, 0.25) is 0 Å². The molecule has 1 aliphatic carbocycles. The van der Waals surface area contributed by atoms with Gasteiger partial charge in [0.1, 0.15) is 6.07 Å². The monoisotopic (exact) mass is 252 g/mol. The molecule has 1 saturated carbocycles. The number of nitriles is 1. The first kappa shape index (κ1) is 11.9. The highest BCUT2D eigenvalue weighted by Gasteiger charge is 2.23. The molecule has 4 heteroatoms. The van der Waals surface area contributed by atoms with Crippen LogP contribution in [-0.4, -0.2) is 16.2 Å². The molecule has 1 aromatic carbocycles. The zero-order chi connectivity index (χ0) is 13.2. The summed E-state index contributed by atoms with van der Waals surface area (Å²) in [6, 6.07) is 10.4. The fraction of sp³-hybridized carbons (Fsp3) is 0.400. The van der Waals surface area contributed by atoms with Crippen molar-refractivity contribution in [2.75, 3.05) is 5.32 Å². The van der Waals surface area contributed by atoms with Gasteiger partial charge in [-0.1, -0.05) is 25.1 Å². The molecular weight excluding hydrogens is 236 g/mol. The molecule has 0 saturated heterocycles. The van der Waals surface area contributed by atoms with Crippen LogP contribution in [0.2, 0.25) is 0 Å². The Kier molecular flexibility index (Phi) is 3.04. The molecule has 96 valence electrons. The molecule has 0 bridgehead atoms. The number of aromatic nitrogens is 2. The number of hydrogen-bond donors (Lipinski definition) is 1. The SMILES string of the molecule is CC1CCC(Nc2c(C#N)nnc3ccccc23)C1. The smallest absolute Gasteiger partial charge is 0.186 e. The van der Waals surface area contributed by atoms with Gasteiger partial charge in [-0.2, -0.15) is 5.26 Å². The molecule has 2 unspecified atom stereocenters. The van der Waals surface area contributed by atoms with Crippen LogP contribution in [0.1, 0.15) is 31.9 Å². The molecule has 19 heavy (non-hydrogen) atoms. The van der Waals surface area contributed by atoms with Gasteiger partial charge in [-0.15, -0.1) is 10.2 Å². The van der Waals surface area contributed by atoms with Crippen LogP contribution >= 0.6 is 0 Å². The maximum absolute atomic E-state index is 9.21. The predicted molar refractivity (Wildman–Crippen MR) is 74.7 cm³/mol. The van der Waals surface area contributed by atoms with Gasteiger partial charge in [0, 0.05) is 11.4 Å². The Morgan fingerprint density at radius 1 is 1.26 bits per heavy atom. The number of hydrogen-bond acceptors (Lipinski definition) is 4. The number of rotatable bonds is 2. The lowest BCUT2D eigenvalue weighted by atomic mass is 10.1. The first-order chi connectivity index (χ1) is 9.28. The molecule has 0 radical (unpaired) electrons. The Bertz CT molecular complexity index is 644. The quantitative estimate of drug-likeness (QED) is 0.892. The van der Waals surface area contributed by atoms with Crippen molar-refractivity contribution in [3.63, 3.8) is 0 Å². The highest BCUT2D eigenvalue weighted by molar-refractivity contribution is 5.92. The van der Waals surface area contributed by atoms with E-state index in [0.717, 1.165) is 35.3 Å². The van der Waals surface area contributed by atoms with E-state index in [2.05, 4.69) is 28.5 Å². The van der Waals surface area contributed by atoms with Gasteiger partial charge in [-0.25, -0.2) is 0 Å². The van der Waals surface area contributed by atoms with Gasteiger partial charge in [-0.3, -0.25) is 0 Å².